The number of hydrogen-bond donors (Lipinski definition) is 1. The first-order valence-electron chi connectivity index (χ1n) is 7.62. The van der Waals surface area contributed by atoms with Crippen LogP contribution in [0.3, 0.4) is 0 Å². The molecule has 3 heteroatoms. The van der Waals surface area contributed by atoms with Crippen LogP contribution in [-0.2, 0) is 4.74 Å². The smallest absolute Gasteiger partial charge is 0.112 e. The normalized spacial score (nSPS) is 37.2. The molecule has 2 rings (SSSR count). The third-order valence-electron chi connectivity index (χ3n) is 4.86. The molecule has 1 saturated carbocycles. The summed E-state index contributed by atoms with van der Waals surface area (Å²) in [6.45, 7) is 6.35. The Balaban J connectivity index is 1.87. The van der Waals surface area contributed by atoms with E-state index in [9.17, 15) is 4.39 Å². The van der Waals surface area contributed by atoms with E-state index in [1.54, 1.807) is 0 Å². The summed E-state index contributed by atoms with van der Waals surface area (Å²) in [5, 5.41) is 3.37. The topological polar surface area (TPSA) is 21.3 Å². The lowest BCUT2D eigenvalue weighted by atomic mass is 9.71. The molecule has 0 aromatic rings. The van der Waals surface area contributed by atoms with Gasteiger partial charge in [0.2, 0.25) is 0 Å². The summed E-state index contributed by atoms with van der Waals surface area (Å²) in [6, 6.07) is 0.204. The van der Waals surface area contributed by atoms with E-state index >= 15 is 0 Å². The lowest BCUT2D eigenvalue weighted by molar-refractivity contribution is 0.00820. The van der Waals surface area contributed by atoms with Crippen LogP contribution >= 0.6 is 0 Å². The fourth-order valence-electron chi connectivity index (χ4n) is 3.61. The van der Waals surface area contributed by atoms with Gasteiger partial charge in [-0.1, -0.05) is 26.2 Å². The van der Waals surface area contributed by atoms with Gasteiger partial charge in [0.25, 0.3) is 0 Å². The van der Waals surface area contributed by atoms with Crippen molar-refractivity contribution in [1.82, 2.24) is 5.32 Å². The maximum Gasteiger partial charge on any atom is 0.112 e. The quantitative estimate of drug-likeness (QED) is 0.834. The first-order chi connectivity index (χ1) is 8.62. The van der Waals surface area contributed by atoms with Crippen LogP contribution in [0, 0.1) is 11.8 Å². The number of nitrogens with one attached hydrogen (secondary N) is 1. The zero-order valence-electron chi connectivity index (χ0n) is 11.9. The Morgan fingerprint density at radius 2 is 2.22 bits per heavy atom. The maximum absolute atomic E-state index is 15.0. The summed E-state index contributed by atoms with van der Waals surface area (Å²) in [6.07, 6.45) is 6.46. The molecule has 1 N–H and O–H groups in total. The Bertz CT molecular complexity index is 251. The molecule has 1 aliphatic heterocycles. The molecule has 2 nitrogen and oxygen atoms in total. The first kappa shape index (κ1) is 14.3. The third-order valence-corrected chi connectivity index (χ3v) is 4.86. The monoisotopic (exact) mass is 257 g/mol. The molecule has 0 amide bonds. The van der Waals surface area contributed by atoms with Gasteiger partial charge in [0.1, 0.15) is 5.67 Å². The van der Waals surface area contributed by atoms with E-state index in [-0.39, 0.29) is 12.0 Å². The highest BCUT2D eigenvalue weighted by atomic mass is 19.1. The van der Waals surface area contributed by atoms with E-state index in [2.05, 4.69) is 12.2 Å². The van der Waals surface area contributed by atoms with Crippen LogP contribution < -0.4 is 5.32 Å². The molecule has 0 aromatic carbocycles. The summed E-state index contributed by atoms with van der Waals surface area (Å²) in [5.74, 6) is 0.995. The molecule has 1 aliphatic carbocycles. The van der Waals surface area contributed by atoms with Gasteiger partial charge in [0.05, 0.1) is 13.2 Å². The second kappa shape index (κ2) is 6.33. The second-order valence-corrected chi connectivity index (χ2v) is 6.35. The van der Waals surface area contributed by atoms with Crippen molar-refractivity contribution in [3.63, 3.8) is 0 Å². The van der Waals surface area contributed by atoms with Crippen molar-refractivity contribution in [3.05, 3.63) is 0 Å². The van der Waals surface area contributed by atoms with Crippen LogP contribution in [0.5, 0.6) is 0 Å². The lowest BCUT2D eigenvalue weighted by Crippen LogP contribution is -2.47. The van der Waals surface area contributed by atoms with Crippen molar-refractivity contribution in [2.24, 2.45) is 11.8 Å². The highest BCUT2D eigenvalue weighted by Crippen LogP contribution is 2.41. The van der Waals surface area contributed by atoms with Crippen LogP contribution in [-0.4, -0.2) is 31.5 Å². The van der Waals surface area contributed by atoms with E-state index in [0.717, 1.165) is 31.9 Å². The molecule has 18 heavy (non-hydrogen) atoms. The van der Waals surface area contributed by atoms with Gasteiger partial charge in [0.15, 0.2) is 0 Å². The van der Waals surface area contributed by atoms with E-state index in [0.29, 0.717) is 13.0 Å². The number of hydrogen-bond acceptors (Lipinski definition) is 2. The molecule has 0 radical (unpaired) electrons. The van der Waals surface area contributed by atoms with E-state index in [4.69, 9.17) is 4.74 Å². The fourth-order valence-corrected chi connectivity index (χ4v) is 3.61. The van der Waals surface area contributed by atoms with Crippen LogP contribution in [0.2, 0.25) is 0 Å². The largest absolute Gasteiger partial charge is 0.379 e. The lowest BCUT2D eigenvalue weighted by Gasteiger charge is -2.39. The number of alkyl halides is 1. The minimum Gasteiger partial charge on any atom is -0.379 e. The molecule has 4 unspecified atom stereocenters. The van der Waals surface area contributed by atoms with Crippen molar-refractivity contribution in [2.45, 2.75) is 64.1 Å². The molecule has 1 saturated heterocycles. The average molecular weight is 257 g/mol. The first-order valence-corrected chi connectivity index (χ1v) is 7.62. The summed E-state index contributed by atoms with van der Waals surface area (Å²) in [4.78, 5) is 0. The van der Waals surface area contributed by atoms with Crippen LogP contribution in [0.1, 0.15) is 52.4 Å². The highest BCUT2D eigenvalue weighted by Gasteiger charge is 2.39. The Morgan fingerprint density at radius 1 is 1.39 bits per heavy atom. The molecule has 1 heterocycles. The van der Waals surface area contributed by atoms with Gasteiger partial charge in [-0.2, -0.15) is 0 Å². The number of rotatable bonds is 4. The Labute approximate surface area is 111 Å². The molecule has 2 fully saturated rings. The number of halogens is 1. The second-order valence-electron chi connectivity index (χ2n) is 6.35. The highest BCUT2D eigenvalue weighted by molar-refractivity contribution is 4.91. The van der Waals surface area contributed by atoms with Crippen molar-refractivity contribution >= 4 is 0 Å². The van der Waals surface area contributed by atoms with Crippen molar-refractivity contribution in [3.8, 4) is 0 Å². The third kappa shape index (κ3) is 3.67. The standard InChI is InChI=1S/C15H28FNO/c1-3-12-5-4-6-13(9-12)15(2,16)10-14-11-18-8-7-17-14/h12-14,17H,3-11H2,1-2H3. The van der Waals surface area contributed by atoms with Crippen LogP contribution in [0.15, 0.2) is 0 Å². The van der Waals surface area contributed by atoms with Gasteiger partial charge in [-0.05, 0) is 38.0 Å². The van der Waals surface area contributed by atoms with Crippen LogP contribution in [0.25, 0.3) is 0 Å². The maximum atomic E-state index is 15.0. The van der Waals surface area contributed by atoms with Gasteiger partial charge in [-0.3, -0.25) is 0 Å². The van der Waals surface area contributed by atoms with Gasteiger partial charge < -0.3 is 10.1 Å². The molecule has 4 atom stereocenters. The molecule has 106 valence electrons. The van der Waals surface area contributed by atoms with E-state index in [1.165, 1.54) is 19.3 Å². The summed E-state index contributed by atoms with van der Waals surface area (Å²) >= 11 is 0. The Hall–Kier alpha value is -0.150. The van der Waals surface area contributed by atoms with Crippen molar-refractivity contribution in [2.75, 3.05) is 19.8 Å². The minimum absolute atomic E-state index is 0.204. The van der Waals surface area contributed by atoms with Crippen molar-refractivity contribution < 1.29 is 9.13 Å². The number of ether oxygens (including phenoxy) is 1. The molecular formula is C15H28FNO. The molecule has 0 bridgehead atoms. The molecule has 0 spiro atoms. The summed E-state index contributed by atoms with van der Waals surface area (Å²) < 4.78 is 20.4. The van der Waals surface area contributed by atoms with Crippen molar-refractivity contribution in [1.29, 1.82) is 0 Å². The Morgan fingerprint density at radius 3 is 2.89 bits per heavy atom. The Kier molecular flexibility index (Phi) is 5.02. The predicted molar refractivity (Wildman–Crippen MR) is 72.5 cm³/mol. The van der Waals surface area contributed by atoms with Gasteiger partial charge in [0, 0.05) is 12.6 Å². The predicted octanol–water partition coefficient (Wildman–Crippen LogP) is 3.31. The van der Waals surface area contributed by atoms with Gasteiger partial charge in [-0.15, -0.1) is 0 Å². The summed E-state index contributed by atoms with van der Waals surface area (Å²) in [5.41, 5.74) is -1.04. The minimum atomic E-state index is -1.04. The molecule has 0 aromatic heterocycles. The number of morpholine rings is 1. The van der Waals surface area contributed by atoms with Crippen LogP contribution in [0.4, 0.5) is 4.39 Å². The van der Waals surface area contributed by atoms with E-state index < -0.39 is 5.67 Å². The fraction of sp³-hybridized carbons (Fsp3) is 1.00. The average Bonchev–Trinajstić information content (AvgIpc) is 2.39. The van der Waals surface area contributed by atoms with Gasteiger partial charge in [-0.25, -0.2) is 4.39 Å². The SMILES string of the molecule is CCC1CCCC(C(C)(F)CC2COCCN2)C1. The zero-order valence-corrected chi connectivity index (χ0v) is 11.9. The summed E-state index contributed by atoms with van der Waals surface area (Å²) in [7, 11) is 0. The van der Waals surface area contributed by atoms with E-state index in [1.807, 2.05) is 6.92 Å². The zero-order chi connectivity index (χ0) is 13.0. The molecule has 2 aliphatic rings. The van der Waals surface area contributed by atoms with Gasteiger partial charge >= 0.3 is 0 Å². The molecular weight excluding hydrogens is 229 g/mol.